The summed E-state index contributed by atoms with van der Waals surface area (Å²) in [4.78, 5) is 4.05. The van der Waals surface area contributed by atoms with Crippen molar-refractivity contribution in [3.8, 4) is 17.2 Å². The van der Waals surface area contributed by atoms with Crippen molar-refractivity contribution < 1.29 is 14.6 Å². The second-order valence-electron chi connectivity index (χ2n) is 3.59. The number of benzene rings is 1. The number of aromatic nitrogens is 2. The van der Waals surface area contributed by atoms with E-state index in [1.165, 1.54) is 0 Å². The fourth-order valence-corrected chi connectivity index (χ4v) is 1.85. The maximum Gasteiger partial charge on any atom is 0.144 e. The maximum atomic E-state index is 9.02. The van der Waals surface area contributed by atoms with Crippen LogP contribution in [0, 0.1) is 0 Å². The van der Waals surface area contributed by atoms with Crippen LogP contribution in [-0.4, -0.2) is 28.9 Å². The average Bonchev–Trinajstić information content (AvgIpc) is 2.87. The van der Waals surface area contributed by atoms with E-state index < -0.39 is 0 Å². The van der Waals surface area contributed by atoms with Crippen LogP contribution in [-0.2, 0) is 6.61 Å². The first-order valence-corrected chi connectivity index (χ1v) is 5.63. The molecule has 0 aliphatic rings. The third-order valence-electron chi connectivity index (χ3n) is 2.53. The molecule has 0 bridgehead atoms. The Morgan fingerprint density at radius 3 is 2.56 bits per heavy atom. The number of nitrogens with zero attached hydrogens (tertiary/aromatic N) is 2. The quantitative estimate of drug-likeness (QED) is 0.922. The van der Waals surface area contributed by atoms with E-state index in [4.69, 9.17) is 26.2 Å². The number of imidazole rings is 1. The minimum absolute atomic E-state index is 0.111. The van der Waals surface area contributed by atoms with Gasteiger partial charge in [-0.15, -0.1) is 0 Å². The molecule has 2 aromatic rings. The van der Waals surface area contributed by atoms with Gasteiger partial charge in [0.1, 0.15) is 11.5 Å². The predicted molar refractivity (Wildman–Crippen MR) is 67.6 cm³/mol. The second-order valence-corrected chi connectivity index (χ2v) is 4.00. The van der Waals surface area contributed by atoms with Crippen molar-refractivity contribution in [3.05, 3.63) is 35.4 Å². The minimum Gasteiger partial charge on any atom is -0.495 e. The number of ether oxygens (including phenoxy) is 2. The topological polar surface area (TPSA) is 56.5 Å². The van der Waals surface area contributed by atoms with Crippen LogP contribution in [0.5, 0.6) is 11.5 Å². The summed E-state index contributed by atoms with van der Waals surface area (Å²) in [5, 5.41) is 9.49. The van der Waals surface area contributed by atoms with E-state index in [0.29, 0.717) is 22.2 Å². The molecule has 0 amide bonds. The van der Waals surface area contributed by atoms with Gasteiger partial charge in [0.05, 0.1) is 43.6 Å². The molecular weight excluding hydrogens is 256 g/mol. The molecule has 0 fully saturated rings. The van der Waals surface area contributed by atoms with Crippen LogP contribution < -0.4 is 9.47 Å². The number of aliphatic hydroxyl groups is 1. The minimum atomic E-state index is -0.111. The zero-order valence-corrected chi connectivity index (χ0v) is 10.8. The smallest absolute Gasteiger partial charge is 0.144 e. The number of methoxy groups -OCH3 is 2. The van der Waals surface area contributed by atoms with Crippen molar-refractivity contribution in [2.45, 2.75) is 6.61 Å². The molecule has 0 unspecified atom stereocenters. The van der Waals surface area contributed by atoms with Crippen molar-refractivity contribution in [3.63, 3.8) is 0 Å². The molecule has 1 N–H and O–H groups in total. The SMILES string of the molecule is COc1cc(-n2cnc(CO)c2)c(OC)cc1Cl. The van der Waals surface area contributed by atoms with Crippen LogP contribution in [0.15, 0.2) is 24.7 Å². The molecule has 0 atom stereocenters. The Morgan fingerprint density at radius 2 is 2.00 bits per heavy atom. The van der Waals surface area contributed by atoms with Crippen LogP contribution >= 0.6 is 11.6 Å². The Kier molecular flexibility index (Phi) is 3.74. The molecule has 0 saturated carbocycles. The van der Waals surface area contributed by atoms with Gasteiger partial charge in [-0.3, -0.25) is 0 Å². The Labute approximate surface area is 110 Å². The maximum absolute atomic E-state index is 9.02. The lowest BCUT2D eigenvalue weighted by molar-refractivity contribution is 0.277. The van der Waals surface area contributed by atoms with E-state index in [0.717, 1.165) is 5.69 Å². The van der Waals surface area contributed by atoms with Crippen LogP contribution in [0.4, 0.5) is 0 Å². The summed E-state index contributed by atoms with van der Waals surface area (Å²) in [6, 6.07) is 3.43. The predicted octanol–water partition coefficient (Wildman–Crippen LogP) is 2.04. The Bertz CT molecular complexity index is 554. The lowest BCUT2D eigenvalue weighted by Crippen LogP contribution is -1.97. The first-order valence-electron chi connectivity index (χ1n) is 5.25. The summed E-state index contributed by atoms with van der Waals surface area (Å²) in [6.07, 6.45) is 3.31. The van der Waals surface area contributed by atoms with Gasteiger partial charge in [0.25, 0.3) is 0 Å². The van der Waals surface area contributed by atoms with Crippen molar-refractivity contribution in [2.24, 2.45) is 0 Å². The molecule has 96 valence electrons. The summed E-state index contributed by atoms with van der Waals surface area (Å²) >= 11 is 6.03. The van der Waals surface area contributed by atoms with Crippen LogP contribution in [0.25, 0.3) is 5.69 Å². The molecule has 1 heterocycles. The Balaban J connectivity index is 2.54. The van der Waals surface area contributed by atoms with Crippen molar-refractivity contribution >= 4 is 11.6 Å². The first kappa shape index (κ1) is 12.7. The zero-order valence-electron chi connectivity index (χ0n) is 10.1. The summed E-state index contributed by atoms with van der Waals surface area (Å²) in [7, 11) is 3.11. The molecule has 0 spiro atoms. The lowest BCUT2D eigenvalue weighted by atomic mass is 10.2. The summed E-state index contributed by atoms with van der Waals surface area (Å²) in [5.74, 6) is 1.15. The highest BCUT2D eigenvalue weighted by molar-refractivity contribution is 6.32. The molecular formula is C12H13ClN2O3. The van der Waals surface area contributed by atoms with E-state index in [-0.39, 0.29) is 6.61 Å². The van der Waals surface area contributed by atoms with E-state index in [1.54, 1.807) is 43.4 Å². The zero-order chi connectivity index (χ0) is 13.1. The van der Waals surface area contributed by atoms with E-state index in [1.807, 2.05) is 0 Å². The summed E-state index contributed by atoms with van der Waals surface area (Å²) < 4.78 is 12.2. The highest BCUT2D eigenvalue weighted by Crippen LogP contribution is 2.34. The lowest BCUT2D eigenvalue weighted by Gasteiger charge is -2.12. The van der Waals surface area contributed by atoms with Gasteiger partial charge in [-0.05, 0) is 0 Å². The highest BCUT2D eigenvalue weighted by Gasteiger charge is 2.12. The summed E-state index contributed by atoms with van der Waals surface area (Å²) in [5.41, 5.74) is 1.32. The average molecular weight is 269 g/mol. The third-order valence-corrected chi connectivity index (χ3v) is 2.82. The number of aliphatic hydroxyl groups excluding tert-OH is 1. The second kappa shape index (κ2) is 5.29. The number of hydrogen-bond acceptors (Lipinski definition) is 4. The van der Waals surface area contributed by atoms with Gasteiger partial charge in [-0.1, -0.05) is 11.6 Å². The first-order chi connectivity index (χ1) is 8.69. The molecule has 1 aromatic carbocycles. The van der Waals surface area contributed by atoms with Crippen molar-refractivity contribution in [2.75, 3.05) is 14.2 Å². The van der Waals surface area contributed by atoms with Gasteiger partial charge >= 0.3 is 0 Å². The monoisotopic (exact) mass is 268 g/mol. The van der Waals surface area contributed by atoms with Crippen molar-refractivity contribution in [1.29, 1.82) is 0 Å². The molecule has 0 aliphatic heterocycles. The molecule has 0 saturated heterocycles. The van der Waals surface area contributed by atoms with E-state index >= 15 is 0 Å². The number of hydrogen-bond donors (Lipinski definition) is 1. The van der Waals surface area contributed by atoms with Gasteiger partial charge in [0.15, 0.2) is 0 Å². The standard InChI is InChI=1S/C12H13ClN2O3/c1-17-11-4-10(12(18-2)3-9(11)13)15-5-8(6-16)14-7-15/h3-5,7,16H,6H2,1-2H3. The molecule has 6 heteroatoms. The van der Waals surface area contributed by atoms with Gasteiger partial charge in [0, 0.05) is 18.3 Å². The van der Waals surface area contributed by atoms with E-state index in [9.17, 15) is 0 Å². The van der Waals surface area contributed by atoms with Crippen LogP contribution in [0.3, 0.4) is 0 Å². The highest BCUT2D eigenvalue weighted by atomic mass is 35.5. The molecule has 18 heavy (non-hydrogen) atoms. The van der Waals surface area contributed by atoms with Crippen LogP contribution in [0.2, 0.25) is 5.02 Å². The summed E-state index contributed by atoms with van der Waals surface area (Å²) in [6.45, 7) is -0.111. The fraction of sp³-hybridized carbons (Fsp3) is 0.250. The molecule has 1 aromatic heterocycles. The number of rotatable bonds is 4. The largest absolute Gasteiger partial charge is 0.495 e. The fourth-order valence-electron chi connectivity index (χ4n) is 1.62. The van der Waals surface area contributed by atoms with Gasteiger partial charge < -0.3 is 19.1 Å². The molecule has 0 aliphatic carbocycles. The van der Waals surface area contributed by atoms with Gasteiger partial charge in [0.2, 0.25) is 0 Å². The van der Waals surface area contributed by atoms with Gasteiger partial charge in [-0.2, -0.15) is 0 Å². The van der Waals surface area contributed by atoms with Gasteiger partial charge in [-0.25, -0.2) is 4.98 Å². The third kappa shape index (κ3) is 2.27. The molecule has 2 rings (SSSR count). The van der Waals surface area contributed by atoms with Crippen molar-refractivity contribution in [1.82, 2.24) is 9.55 Å². The Hall–Kier alpha value is -1.72. The normalized spacial score (nSPS) is 10.4. The van der Waals surface area contributed by atoms with Crippen LogP contribution in [0.1, 0.15) is 5.69 Å². The number of halogens is 1. The van der Waals surface area contributed by atoms with E-state index in [2.05, 4.69) is 4.98 Å². The molecule has 0 radical (unpaired) electrons. The Morgan fingerprint density at radius 1 is 1.28 bits per heavy atom. The molecule has 5 nitrogen and oxygen atoms in total.